The fourth-order valence-corrected chi connectivity index (χ4v) is 2.20. The Morgan fingerprint density at radius 2 is 2.23 bits per heavy atom. The summed E-state index contributed by atoms with van der Waals surface area (Å²) in [4.78, 5) is 10.5. The third-order valence-corrected chi connectivity index (χ3v) is 3.13. The topological polar surface area (TPSA) is 34.9 Å². The Morgan fingerprint density at radius 3 is 2.77 bits per heavy atom. The predicted octanol–water partition coefficient (Wildman–Crippen LogP) is 2.57. The summed E-state index contributed by atoms with van der Waals surface area (Å²) in [6, 6.07) is 0.505. The van der Waals surface area contributed by atoms with Gasteiger partial charge in [0.05, 0.1) is 10.5 Å². The summed E-state index contributed by atoms with van der Waals surface area (Å²) < 4.78 is 2.72. The Labute approximate surface area is 85.3 Å². The molecule has 13 heavy (non-hydrogen) atoms. The van der Waals surface area contributed by atoms with Gasteiger partial charge in [-0.2, -0.15) is 5.10 Å². The summed E-state index contributed by atoms with van der Waals surface area (Å²) in [7, 11) is 0. The van der Waals surface area contributed by atoms with Crippen LogP contribution in [0.15, 0.2) is 10.7 Å². The molecule has 1 aromatic rings. The van der Waals surface area contributed by atoms with Crippen molar-refractivity contribution in [1.82, 2.24) is 9.78 Å². The Bertz CT molecular complexity index is 315. The number of hydrogen-bond donors (Lipinski definition) is 0. The van der Waals surface area contributed by atoms with Crippen molar-refractivity contribution in [3.63, 3.8) is 0 Å². The van der Waals surface area contributed by atoms with Gasteiger partial charge in [0.2, 0.25) is 0 Å². The number of aldehydes is 1. The molecule has 70 valence electrons. The molecule has 0 radical (unpaired) electrons. The first kappa shape index (κ1) is 8.94. The van der Waals surface area contributed by atoms with Crippen LogP contribution in [0.3, 0.4) is 0 Å². The molecule has 3 nitrogen and oxygen atoms in total. The van der Waals surface area contributed by atoms with Crippen LogP contribution in [0.5, 0.6) is 0 Å². The van der Waals surface area contributed by atoms with Crippen LogP contribution in [0.25, 0.3) is 0 Å². The number of carbonyl (C=O) groups is 1. The fourth-order valence-electron chi connectivity index (χ4n) is 1.82. The van der Waals surface area contributed by atoms with Crippen LogP contribution >= 0.6 is 15.9 Å². The maximum atomic E-state index is 10.5. The largest absolute Gasteiger partial charge is 0.296 e. The number of rotatable bonds is 2. The van der Waals surface area contributed by atoms with Crippen molar-refractivity contribution < 1.29 is 4.79 Å². The smallest absolute Gasteiger partial charge is 0.171 e. The first-order chi connectivity index (χ1) is 6.31. The molecule has 2 rings (SSSR count). The zero-order valence-electron chi connectivity index (χ0n) is 7.24. The second kappa shape index (κ2) is 3.62. The molecular weight excluding hydrogens is 232 g/mol. The van der Waals surface area contributed by atoms with E-state index in [0.717, 1.165) is 10.8 Å². The van der Waals surface area contributed by atoms with Gasteiger partial charge in [0.25, 0.3) is 0 Å². The van der Waals surface area contributed by atoms with E-state index in [0.29, 0.717) is 11.7 Å². The Morgan fingerprint density at radius 1 is 1.54 bits per heavy atom. The monoisotopic (exact) mass is 242 g/mol. The molecule has 1 saturated carbocycles. The number of hydrogen-bond acceptors (Lipinski definition) is 2. The average Bonchev–Trinajstić information content (AvgIpc) is 2.71. The minimum absolute atomic E-state index is 0.505. The summed E-state index contributed by atoms with van der Waals surface area (Å²) in [5, 5.41) is 4.21. The van der Waals surface area contributed by atoms with E-state index in [4.69, 9.17) is 0 Å². The standard InChI is InChI=1S/C9H11BrN2O/c10-8-5-12(11-9(8)6-13)7-3-1-2-4-7/h5-7H,1-4H2. The van der Waals surface area contributed by atoms with Crippen LogP contribution in [0.2, 0.25) is 0 Å². The lowest BCUT2D eigenvalue weighted by Gasteiger charge is -2.07. The minimum Gasteiger partial charge on any atom is -0.296 e. The lowest BCUT2D eigenvalue weighted by molar-refractivity contribution is 0.111. The van der Waals surface area contributed by atoms with Crippen LogP contribution in [-0.2, 0) is 0 Å². The lowest BCUT2D eigenvalue weighted by atomic mass is 10.3. The van der Waals surface area contributed by atoms with Crippen molar-refractivity contribution in [2.24, 2.45) is 0 Å². The van der Waals surface area contributed by atoms with Gasteiger partial charge in [0.15, 0.2) is 6.29 Å². The molecule has 0 spiro atoms. The maximum Gasteiger partial charge on any atom is 0.171 e. The number of nitrogens with zero attached hydrogens (tertiary/aromatic N) is 2. The lowest BCUT2D eigenvalue weighted by Crippen LogP contribution is -2.05. The van der Waals surface area contributed by atoms with Gasteiger partial charge in [-0.05, 0) is 28.8 Å². The fraction of sp³-hybridized carbons (Fsp3) is 0.556. The molecule has 0 amide bonds. The van der Waals surface area contributed by atoms with E-state index < -0.39 is 0 Å². The molecule has 1 aliphatic rings. The zero-order valence-corrected chi connectivity index (χ0v) is 8.83. The quantitative estimate of drug-likeness (QED) is 0.748. The average molecular weight is 243 g/mol. The first-order valence-electron chi connectivity index (χ1n) is 4.51. The van der Waals surface area contributed by atoms with Gasteiger partial charge in [0, 0.05) is 6.20 Å². The van der Waals surface area contributed by atoms with E-state index >= 15 is 0 Å². The SMILES string of the molecule is O=Cc1nn(C2CCCC2)cc1Br. The molecule has 0 aromatic carbocycles. The molecule has 0 atom stereocenters. The summed E-state index contributed by atoms with van der Waals surface area (Å²) >= 11 is 3.31. The van der Waals surface area contributed by atoms with E-state index in [1.54, 1.807) is 0 Å². The highest BCUT2D eigenvalue weighted by atomic mass is 79.9. The van der Waals surface area contributed by atoms with Gasteiger partial charge < -0.3 is 0 Å². The van der Waals surface area contributed by atoms with E-state index in [-0.39, 0.29) is 0 Å². The van der Waals surface area contributed by atoms with Crippen LogP contribution in [0.1, 0.15) is 42.2 Å². The van der Waals surface area contributed by atoms with Gasteiger partial charge in [-0.25, -0.2) is 0 Å². The molecule has 4 heteroatoms. The van der Waals surface area contributed by atoms with Gasteiger partial charge >= 0.3 is 0 Å². The molecule has 0 aliphatic heterocycles. The van der Waals surface area contributed by atoms with E-state index in [9.17, 15) is 4.79 Å². The number of carbonyl (C=O) groups excluding carboxylic acids is 1. The Kier molecular flexibility index (Phi) is 2.49. The second-order valence-electron chi connectivity index (χ2n) is 3.40. The Balaban J connectivity index is 2.24. The molecule has 0 unspecified atom stereocenters. The normalized spacial score (nSPS) is 17.9. The molecule has 0 N–H and O–H groups in total. The van der Waals surface area contributed by atoms with Gasteiger partial charge in [-0.3, -0.25) is 9.48 Å². The van der Waals surface area contributed by atoms with Crippen molar-refractivity contribution in [2.45, 2.75) is 31.7 Å². The van der Waals surface area contributed by atoms with Crippen LogP contribution < -0.4 is 0 Å². The number of aromatic nitrogens is 2. The summed E-state index contributed by atoms with van der Waals surface area (Å²) in [5.74, 6) is 0. The van der Waals surface area contributed by atoms with Gasteiger partial charge in [-0.1, -0.05) is 12.8 Å². The highest BCUT2D eigenvalue weighted by Gasteiger charge is 2.18. The van der Waals surface area contributed by atoms with Gasteiger partial charge in [-0.15, -0.1) is 0 Å². The molecule has 1 aliphatic carbocycles. The van der Waals surface area contributed by atoms with Crippen molar-refractivity contribution in [1.29, 1.82) is 0 Å². The third-order valence-electron chi connectivity index (χ3n) is 2.52. The summed E-state index contributed by atoms with van der Waals surface area (Å²) in [6.07, 6.45) is 7.62. The summed E-state index contributed by atoms with van der Waals surface area (Å²) in [6.45, 7) is 0. The van der Waals surface area contributed by atoms with Crippen molar-refractivity contribution in [3.8, 4) is 0 Å². The first-order valence-corrected chi connectivity index (χ1v) is 5.30. The highest BCUT2D eigenvalue weighted by Crippen LogP contribution is 2.30. The molecular formula is C9H11BrN2O. The number of halogens is 1. The third kappa shape index (κ3) is 1.68. The van der Waals surface area contributed by atoms with E-state index in [2.05, 4.69) is 21.0 Å². The van der Waals surface area contributed by atoms with Crippen molar-refractivity contribution >= 4 is 22.2 Å². The molecule has 1 fully saturated rings. The van der Waals surface area contributed by atoms with Crippen LogP contribution in [0.4, 0.5) is 0 Å². The molecule has 1 aromatic heterocycles. The van der Waals surface area contributed by atoms with Crippen LogP contribution in [0, 0.1) is 0 Å². The molecule has 0 bridgehead atoms. The van der Waals surface area contributed by atoms with Crippen molar-refractivity contribution in [3.05, 3.63) is 16.4 Å². The van der Waals surface area contributed by atoms with Crippen molar-refractivity contribution in [2.75, 3.05) is 0 Å². The molecule has 1 heterocycles. The second-order valence-corrected chi connectivity index (χ2v) is 4.25. The zero-order chi connectivity index (χ0) is 9.26. The van der Waals surface area contributed by atoms with Crippen LogP contribution in [-0.4, -0.2) is 16.1 Å². The van der Waals surface area contributed by atoms with E-state index in [1.807, 2.05) is 10.9 Å². The molecule has 0 saturated heterocycles. The minimum atomic E-state index is 0.505. The van der Waals surface area contributed by atoms with Gasteiger partial charge in [0.1, 0.15) is 5.69 Å². The predicted molar refractivity (Wildman–Crippen MR) is 52.8 cm³/mol. The highest BCUT2D eigenvalue weighted by molar-refractivity contribution is 9.10. The van der Waals surface area contributed by atoms with E-state index in [1.165, 1.54) is 25.7 Å². The Hall–Kier alpha value is -0.640. The maximum absolute atomic E-state index is 10.5. The summed E-state index contributed by atoms with van der Waals surface area (Å²) in [5.41, 5.74) is 0.506.